The SMILES string of the molecule is CCCCCCCCn1/c(=C(\C)C2=C([O-])C(=CC3=[N+](CCCCCCCC)c4ccc(-c5cc(OCCCCCC)c(-c6cc7c(s6)c6sc(CCCCCC)cc6n7CCCCCC)s5)c5cccc3c45)C2=O)c2cccc3cccc1c32. The van der Waals surface area contributed by atoms with Gasteiger partial charge in [-0.25, -0.2) is 0 Å². The van der Waals surface area contributed by atoms with Gasteiger partial charge < -0.3 is 19.0 Å². The van der Waals surface area contributed by atoms with Crippen molar-refractivity contribution >= 4 is 110 Å². The van der Waals surface area contributed by atoms with Crippen LogP contribution in [0.25, 0.3) is 78.6 Å². The number of carbonyl (C=O) groups is 1. The quantitative estimate of drug-likeness (QED) is 0.0229. The molecule has 4 aromatic carbocycles. The molecule has 0 spiro atoms. The number of aromatic nitrogens is 2. The van der Waals surface area contributed by atoms with Crippen molar-refractivity contribution in [3.8, 4) is 25.9 Å². The second-order valence-electron chi connectivity index (χ2n) is 24.3. The van der Waals surface area contributed by atoms with E-state index in [0.29, 0.717) is 12.2 Å². The fourth-order valence-electron chi connectivity index (χ4n) is 13.7. The maximum Gasteiger partial charge on any atom is 0.214 e. The van der Waals surface area contributed by atoms with Gasteiger partial charge in [0.15, 0.2) is 5.78 Å². The number of allylic oxidation sites excluding steroid dienone is 3. The van der Waals surface area contributed by atoms with Crippen molar-refractivity contribution in [3.05, 3.63) is 124 Å². The Labute approximate surface area is 512 Å². The lowest BCUT2D eigenvalue weighted by atomic mass is 9.82. The lowest BCUT2D eigenvalue weighted by molar-refractivity contribution is -0.436. The van der Waals surface area contributed by atoms with Crippen LogP contribution >= 0.6 is 34.0 Å². The Morgan fingerprint density at radius 1 is 0.571 bits per heavy atom. The molecule has 6 nitrogen and oxygen atoms in total. The lowest BCUT2D eigenvalue weighted by Crippen LogP contribution is -2.34. The van der Waals surface area contributed by atoms with Gasteiger partial charge in [0.25, 0.3) is 0 Å². The molecule has 0 saturated carbocycles. The Morgan fingerprint density at radius 2 is 1.19 bits per heavy atom. The van der Waals surface area contributed by atoms with Crippen LogP contribution in [0.1, 0.15) is 206 Å². The number of ether oxygens (including phenoxy) is 1. The molecule has 0 radical (unpaired) electrons. The van der Waals surface area contributed by atoms with Gasteiger partial charge in [0, 0.05) is 74.4 Å². The molecule has 0 amide bonds. The van der Waals surface area contributed by atoms with E-state index in [1.807, 2.05) is 47.0 Å². The van der Waals surface area contributed by atoms with E-state index >= 15 is 0 Å². The van der Waals surface area contributed by atoms with Crippen LogP contribution in [0.2, 0.25) is 0 Å². The van der Waals surface area contributed by atoms with E-state index in [9.17, 15) is 9.90 Å². The number of aryl methyl sites for hydroxylation is 3. The minimum Gasteiger partial charge on any atom is -0.871 e. The molecular weight excluding hydrogens is 1090 g/mol. The van der Waals surface area contributed by atoms with Crippen LogP contribution in [-0.2, 0) is 24.3 Å². The number of Topliss-reactive ketones (excluding diaryl/α,β-unsaturated/α-hetero) is 1. The number of fused-ring (bicyclic) bond motifs is 3. The van der Waals surface area contributed by atoms with Gasteiger partial charge in [0.05, 0.1) is 53.1 Å². The summed E-state index contributed by atoms with van der Waals surface area (Å²) in [7, 11) is 0. The van der Waals surface area contributed by atoms with E-state index < -0.39 is 0 Å². The van der Waals surface area contributed by atoms with Crippen molar-refractivity contribution in [1.29, 1.82) is 0 Å². The maximum absolute atomic E-state index is 14.9. The first-order chi connectivity index (χ1) is 41.3. The van der Waals surface area contributed by atoms with Crippen LogP contribution in [0.3, 0.4) is 0 Å². The summed E-state index contributed by atoms with van der Waals surface area (Å²) in [6.07, 6.45) is 32.2. The summed E-state index contributed by atoms with van der Waals surface area (Å²) in [6, 6.07) is 31.7. The Kier molecular flexibility index (Phi) is 20.1. The molecule has 9 aromatic rings. The first-order valence-electron chi connectivity index (χ1n) is 33.0. The smallest absolute Gasteiger partial charge is 0.214 e. The van der Waals surface area contributed by atoms with E-state index in [4.69, 9.17) is 4.74 Å². The first-order valence-corrected chi connectivity index (χ1v) is 35.5. The van der Waals surface area contributed by atoms with Crippen LogP contribution in [0.15, 0.2) is 108 Å². The lowest BCUT2D eigenvalue weighted by Gasteiger charge is -2.31. The van der Waals surface area contributed by atoms with Crippen LogP contribution in [0.4, 0.5) is 5.69 Å². The van der Waals surface area contributed by atoms with E-state index in [0.717, 1.165) is 90.8 Å². The summed E-state index contributed by atoms with van der Waals surface area (Å²) >= 11 is 5.86. The van der Waals surface area contributed by atoms with E-state index in [2.05, 4.69) is 133 Å². The molecule has 0 unspecified atom stereocenters. The first kappa shape index (κ1) is 60.0. The van der Waals surface area contributed by atoms with E-state index in [-0.39, 0.29) is 17.1 Å². The number of unbranched alkanes of at least 4 members (excludes halogenated alkanes) is 19. The Bertz CT molecular complexity index is 3930. The minimum atomic E-state index is -0.144. The van der Waals surface area contributed by atoms with Crippen molar-refractivity contribution in [2.24, 2.45) is 0 Å². The molecule has 1 aliphatic heterocycles. The molecule has 11 rings (SSSR count). The van der Waals surface area contributed by atoms with Gasteiger partial charge in [0.1, 0.15) is 12.3 Å². The number of thiophene rings is 3. The number of nitrogens with zero attached hydrogens (tertiary/aromatic N) is 3. The van der Waals surface area contributed by atoms with Gasteiger partial charge in [-0.15, -0.1) is 34.0 Å². The zero-order valence-electron chi connectivity index (χ0n) is 51.5. The number of benzene rings is 4. The van der Waals surface area contributed by atoms with Gasteiger partial charge in [-0.3, -0.25) is 4.79 Å². The number of carbonyl (C=O) groups excluding carboxylic acids is 1. The highest BCUT2D eigenvalue weighted by Crippen LogP contribution is 2.52. The second-order valence-corrected chi connectivity index (χ2v) is 27.6. The van der Waals surface area contributed by atoms with Crippen LogP contribution in [0.5, 0.6) is 5.75 Å². The number of rotatable bonds is 34. The zero-order chi connectivity index (χ0) is 58.1. The standard InChI is InChI=1S/C75H91N3O3S3/c1-7-12-17-22-24-28-43-76-60-42-41-54(65-50-64(81-46-30-21-16-11-5)75(83-65)66-49-63-74(84-66)73-62(77(63)44-27-20-15-10-4)47-53(82-73)36-26-19-14-9-3)55-37-33-38-56(69(55)60)61(76)48-58-71(79)67(72(58)80)51(6)70-57-39-31-34-52-35-32-40-59(68(52)57)78(70)45-29-25-23-18-13-8-2/h31-35,37-42,47-50H,7-30,36,43-46H2,1-6H3. The largest absolute Gasteiger partial charge is 0.871 e. The maximum atomic E-state index is 14.9. The summed E-state index contributed by atoms with van der Waals surface area (Å²) in [6.45, 7) is 16.8. The highest BCUT2D eigenvalue weighted by Gasteiger charge is 2.36. The van der Waals surface area contributed by atoms with Crippen molar-refractivity contribution in [1.82, 2.24) is 9.13 Å². The summed E-state index contributed by atoms with van der Waals surface area (Å²) in [5.41, 5.74) is 9.78. The van der Waals surface area contributed by atoms with Gasteiger partial charge >= 0.3 is 0 Å². The molecule has 0 bridgehead atoms. The van der Waals surface area contributed by atoms with Gasteiger partial charge in [-0.05, 0) is 98.2 Å². The molecule has 5 aromatic heterocycles. The fourth-order valence-corrected chi connectivity index (χ4v) is 17.4. The van der Waals surface area contributed by atoms with Crippen molar-refractivity contribution < 1.29 is 19.2 Å². The molecular formula is C75H91N3O3S3. The summed E-state index contributed by atoms with van der Waals surface area (Å²) in [5, 5.41) is 21.8. The molecule has 0 fully saturated rings. The Hall–Kier alpha value is -5.74. The topological polar surface area (TPSA) is 62.2 Å². The summed E-state index contributed by atoms with van der Waals surface area (Å²) in [4.78, 5) is 20.1. The molecule has 442 valence electrons. The normalized spacial score (nSPS) is 14.5. The van der Waals surface area contributed by atoms with Crippen LogP contribution in [0, 0.1) is 0 Å². The highest BCUT2D eigenvalue weighted by molar-refractivity contribution is 7.31. The highest BCUT2D eigenvalue weighted by atomic mass is 32.1. The van der Waals surface area contributed by atoms with Gasteiger partial charge in [-0.2, -0.15) is 4.58 Å². The second kappa shape index (κ2) is 28.2. The molecule has 9 heteroatoms. The average Bonchev–Trinajstić information content (AvgIpc) is 3.29. The van der Waals surface area contributed by atoms with Crippen LogP contribution < -0.4 is 15.2 Å². The monoisotopic (exact) mass is 1180 g/mol. The molecule has 1 aliphatic carbocycles. The van der Waals surface area contributed by atoms with E-state index in [1.54, 1.807) is 0 Å². The Balaban J connectivity index is 0.979. The summed E-state index contributed by atoms with van der Waals surface area (Å²) < 4.78 is 17.3. The average molecular weight is 1180 g/mol. The molecule has 0 saturated heterocycles. The molecule has 0 N–H and O–H groups in total. The third-order valence-corrected chi connectivity index (χ3v) is 22.0. The fraction of sp³-hybridized carbons (Fsp3) is 0.467. The van der Waals surface area contributed by atoms with Crippen LogP contribution in [-0.4, -0.2) is 38.4 Å². The third kappa shape index (κ3) is 12.2. The zero-order valence-corrected chi connectivity index (χ0v) is 53.9. The molecule has 2 aliphatic rings. The predicted octanol–water partition coefficient (Wildman–Crippen LogP) is 21.1. The van der Waals surface area contributed by atoms with Crippen molar-refractivity contribution in [2.45, 2.75) is 215 Å². The molecule has 0 atom stereocenters. The van der Waals surface area contributed by atoms with Gasteiger partial charge in [-0.1, -0.05) is 198 Å². The third-order valence-electron chi connectivity index (χ3n) is 18.2. The number of hydrogen-bond donors (Lipinski definition) is 0. The summed E-state index contributed by atoms with van der Waals surface area (Å²) in [5.74, 6) is 0.695. The Morgan fingerprint density at radius 3 is 1.93 bits per heavy atom. The van der Waals surface area contributed by atoms with Crippen molar-refractivity contribution in [2.75, 3.05) is 13.2 Å². The van der Waals surface area contributed by atoms with E-state index in [1.165, 1.54) is 201 Å². The van der Waals surface area contributed by atoms with Gasteiger partial charge in [0.2, 0.25) is 11.4 Å². The van der Waals surface area contributed by atoms with Crippen molar-refractivity contribution in [3.63, 3.8) is 0 Å². The number of ketones is 1. The molecule has 6 heterocycles. The minimum absolute atomic E-state index is 0.144. The molecule has 84 heavy (non-hydrogen) atoms. The predicted molar refractivity (Wildman–Crippen MR) is 363 cm³/mol. The number of hydrogen-bond acceptors (Lipinski definition) is 6.